The standard InChI is InChI=1S/C23H15N.C2H6/c1-2-7-18-14-21-15-20(10-9-19(21)13-17(18)6-1)23-12-11-16-5-3-4-8-22(16)24-23;1-2/h1-15H;1-2H3. The molecule has 0 saturated carbocycles. The normalized spacial score (nSPS) is 10.7. The number of hydrogen-bond donors (Lipinski definition) is 0. The van der Waals surface area contributed by atoms with E-state index in [1.54, 1.807) is 0 Å². The first-order valence-corrected chi connectivity index (χ1v) is 9.16. The fraction of sp³-hybridized carbons (Fsp3) is 0.0800. The van der Waals surface area contributed by atoms with Crippen LogP contribution in [0.5, 0.6) is 0 Å². The van der Waals surface area contributed by atoms with Gasteiger partial charge in [-0.1, -0.05) is 74.5 Å². The monoisotopic (exact) mass is 335 g/mol. The van der Waals surface area contributed by atoms with Gasteiger partial charge in [0.25, 0.3) is 0 Å². The first kappa shape index (κ1) is 16.3. The number of pyridine rings is 1. The number of para-hydroxylation sites is 1. The Morgan fingerprint density at radius 3 is 1.85 bits per heavy atom. The summed E-state index contributed by atoms with van der Waals surface area (Å²) in [6.45, 7) is 4.00. The highest BCUT2D eigenvalue weighted by molar-refractivity contribution is 5.99. The Hall–Kier alpha value is -3.19. The average molecular weight is 335 g/mol. The molecular formula is C25H21N. The van der Waals surface area contributed by atoms with Crippen molar-refractivity contribution in [1.29, 1.82) is 0 Å². The van der Waals surface area contributed by atoms with Crippen LogP contribution in [0.4, 0.5) is 0 Å². The molecule has 0 atom stereocenters. The van der Waals surface area contributed by atoms with Gasteiger partial charge in [-0.2, -0.15) is 0 Å². The minimum Gasteiger partial charge on any atom is -0.248 e. The summed E-state index contributed by atoms with van der Waals surface area (Å²) in [4.78, 5) is 4.81. The van der Waals surface area contributed by atoms with Crippen molar-refractivity contribution < 1.29 is 0 Å². The van der Waals surface area contributed by atoms with E-state index in [1.165, 1.54) is 26.9 Å². The summed E-state index contributed by atoms with van der Waals surface area (Å²) >= 11 is 0. The molecule has 1 nitrogen and oxygen atoms in total. The van der Waals surface area contributed by atoms with Gasteiger partial charge >= 0.3 is 0 Å². The van der Waals surface area contributed by atoms with Crippen LogP contribution in [0.25, 0.3) is 43.7 Å². The van der Waals surface area contributed by atoms with E-state index in [1.807, 2.05) is 26.0 Å². The van der Waals surface area contributed by atoms with Gasteiger partial charge in [-0.25, -0.2) is 4.98 Å². The molecule has 0 N–H and O–H groups in total. The third-order valence-corrected chi connectivity index (χ3v) is 4.60. The van der Waals surface area contributed by atoms with Gasteiger partial charge in [-0.15, -0.1) is 0 Å². The molecule has 126 valence electrons. The number of hydrogen-bond acceptors (Lipinski definition) is 1. The Balaban J connectivity index is 0.000000814. The largest absolute Gasteiger partial charge is 0.248 e. The first-order valence-electron chi connectivity index (χ1n) is 9.16. The number of fused-ring (bicyclic) bond motifs is 3. The second-order valence-electron chi connectivity index (χ2n) is 6.15. The first-order chi connectivity index (χ1) is 12.9. The number of rotatable bonds is 1. The van der Waals surface area contributed by atoms with Crippen molar-refractivity contribution in [1.82, 2.24) is 4.98 Å². The second kappa shape index (κ2) is 6.97. The van der Waals surface area contributed by atoms with E-state index >= 15 is 0 Å². The molecular weight excluding hydrogens is 314 g/mol. The molecule has 26 heavy (non-hydrogen) atoms. The SMILES string of the molecule is CC.c1ccc2cc3cc(-c4ccc5ccccc5n4)ccc3cc2c1. The van der Waals surface area contributed by atoms with Gasteiger partial charge in [0.1, 0.15) is 0 Å². The Morgan fingerprint density at radius 2 is 1.08 bits per heavy atom. The molecule has 0 saturated heterocycles. The lowest BCUT2D eigenvalue weighted by Crippen LogP contribution is -1.85. The van der Waals surface area contributed by atoms with Gasteiger partial charge in [-0.3, -0.25) is 0 Å². The highest BCUT2D eigenvalue weighted by Gasteiger charge is 2.04. The summed E-state index contributed by atoms with van der Waals surface area (Å²) in [5, 5.41) is 6.24. The van der Waals surface area contributed by atoms with Crippen molar-refractivity contribution in [2.45, 2.75) is 13.8 Å². The van der Waals surface area contributed by atoms with E-state index < -0.39 is 0 Å². The number of aromatic nitrogens is 1. The fourth-order valence-corrected chi connectivity index (χ4v) is 3.33. The summed E-state index contributed by atoms with van der Waals surface area (Å²) in [7, 11) is 0. The summed E-state index contributed by atoms with van der Waals surface area (Å²) in [6, 6.07) is 32.1. The molecule has 0 amide bonds. The molecule has 1 aromatic heterocycles. The molecule has 5 aromatic rings. The number of benzene rings is 4. The van der Waals surface area contributed by atoms with Crippen molar-refractivity contribution in [3.63, 3.8) is 0 Å². The molecule has 5 rings (SSSR count). The molecule has 1 heterocycles. The molecule has 1 heteroatoms. The van der Waals surface area contributed by atoms with Crippen molar-refractivity contribution >= 4 is 32.4 Å². The zero-order valence-corrected chi connectivity index (χ0v) is 15.1. The van der Waals surface area contributed by atoms with Crippen LogP contribution in [0, 0.1) is 0 Å². The molecule has 0 unspecified atom stereocenters. The Kier molecular flexibility index (Phi) is 4.37. The lowest BCUT2D eigenvalue weighted by Gasteiger charge is -2.07. The quantitative estimate of drug-likeness (QED) is 0.294. The smallest absolute Gasteiger partial charge is 0.0709 e. The molecule has 0 aliphatic carbocycles. The zero-order valence-electron chi connectivity index (χ0n) is 15.1. The topological polar surface area (TPSA) is 12.9 Å². The minimum absolute atomic E-state index is 1.02. The van der Waals surface area contributed by atoms with Crippen LogP contribution in [0.1, 0.15) is 13.8 Å². The minimum atomic E-state index is 1.02. The lowest BCUT2D eigenvalue weighted by atomic mass is 10.0. The van der Waals surface area contributed by atoms with E-state index in [4.69, 9.17) is 4.98 Å². The Morgan fingerprint density at radius 1 is 0.500 bits per heavy atom. The van der Waals surface area contributed by atoms with E-state index in [2.05, 4.69) is 78.9 Å². The van der Waals surface area contributed by atoms with Crippen LogP contribution >= 0.6 is 0 Å². The van der Waals surface area contributed by atoms with E-state index in [0.29, 0.717) is 0 Å². The van der Waals surface area contributed by atoms with Crippen molar-refractivity contribution in [2.75, 3.05) is 0 Å². The summed E-state index contributed by atoms with van der Waals surface area (Å²) in [5.74, 6) is 0. The zero-order chi connectivity index (χ0) is 17.9. The van der Waals surface area contributed by atoms with Gasteiger partial charge < -0.3 is 0 Å². The fourth-order valence-electron chi connectivity index (χ4n) is 3.33. The van der Waals surface area contributed by atoms with Gasteiger partial charge in [0, 0.05) is 10.9 Å². The van der Waals surface area contributed by atoms with Crippen molar-refractivity contribution in [3.05, 3.63) is 91.0 Å². The third-order valence-electron chi connectivity index (χ3n) is 4.60. The van der Waals surface area contributed by atoms with Gasteiger partial charge in [-0.05, 0) is 51.9 Å². The van der Waals surface area contributed by atoms with Crippen molar-refractivity contribution in [2.24, 2.45) is 0 Å². The van der Waals surface area contributed by atoms with Crippen LogP contribution in [0.2, 0.25) is 0 Å². The highest BCUT2D eigenvalue weighted by atomic mass is 14.7. The van der Waals surface area contributed by atoms with E-state index in [0.717, 1.165) is 16.8 Å². The van der Waals surface area contributed by atoms with Gasteiger partial charge in [0.2, 0.25) is 0 Å². The molecule has 0 fully saturated rings. The molecule has 0 radical (unpaired) electrons. The van der Waals surface area contributed by atoms with Crippen LogP contribution in [0.15, 0.2) is 91.0 Å². The van der Waals surface area contributed by atoms with E-state index in [-0.39, 0.29) is 0 Å². The van der Waals surface area contributed by atoms with Crippen molar-refractivity contribution in [3.8, 4) is 11.3 Å². The summed E-state index contributed by atoms with van der Waals surface area (Å²) < 4.78 is 0. The maximum Gasteiger partial charge on any atom is 0.0709 e. The van der Waals surface area contributed by atoms with Gasteiger partial charge in [0.05, 0.1) is 11.2 Å². The van der Waals surface area contributed by atoms with E-state index in [9.17, 15) is 0 Å². The molecule has 0 aliphatic heterocycles. The third kappa shape index (κ3) is 2.93. The van der Waals surface area contributed by atoms with Crippen LogP contribution in [-0.2, 0) is 0 Å². The predicted octanol–water partition coefficient (Wildman–Crippen LogP) is 7.23. The number of nitrogens with zero attached hydrogens (tertiary/aromatic N) is 1. The average Bonchev–Trinajstić information content (AvgIpc) is 2.73. The van der Waals surface area contributed by atoms with Crippen LogP contribution < -0.4 is 0 Å². The lowest BCUT2D eigenvalue weighted by molar-refractivity contribution is 1.40. The maximum absolute atomic E-state index is 4.81. The highest BCUT2D eigenvalue weighted by Crippen LogP contribution is 2.28. The molecule has 0 aliphatic rings. The Bertz CT molecular complexity index is 1200. The molecule has 0 bridgehead atoms. The summed E-state index contributed by atoms with van der Waals surface area (Å²) in [6.07, 6.45) is 0. The summed E-state index contributed by atoms with van der Waals surface area (Å²) in [5.41, 5.74) is 3.21. The van der Waals surface area contributed by atoms with Crippen LogP contribution in [0.3, 0.4) is 0 Å². The predicted molar refractivity (Wildman–Crippen MR) is 114 cm³/mol. The molecule has 0 spiro atoms. The van der Waals surface area contributed by atoms with Crippen LogP contribution in [-0.4, -0.2) is 4.98 Å². The second-order valence-corrected chi connectivity index (χ2v) is 6.15. The van der Waals surface area contributed by atoms with Gasteiger partial charge in [0.15, 0.2) is 0 Å². The Labute approximate surface area is 153 Å². The maximum atomic E-state index is 4.81. The molecule has 4 aromatic carbocycles.